The van der Waals surface area contributed by atoms with Crippen LogP contribution >= 0.6 is 23.4 Å². The van der Waals surface area contributed by atoms with Crippen LogP contribution in [0.25, 0.3) is 10.8 Å². The standard InChI is InChI=1S/C25H17ClO3S/c1-2-24(27)29-25-20-14-13-17(26)15-21(20)22(28-18-9-5-3-6-10-18)16-23(25)30-19-11-7-4-8-12-19/h2-16H,1H2. The van der Waals surface area contributed by atoms with E-state index in [4.69, 9.17) is 21.1 Å². The highest BCUT2D eigenvalue weighted by atomic mass is 35.5. The normalized spacial score (nSPS) is 10.6. The third kappa shape index (κ3) is 4.51. The Morgan fingerprint density at radius 1 is 0.900 bits per heavy atom. The molecule has 0 amide bonds. The van der Waals surface area contributed by atoms with Crippen LogP contribution in [0, 0.1) is 0 Å². The van der Waals surface area contributed by atoms with Gasteiger partial charge in [0, 0.05) is 26.8 Å². The Morgan fingerprint density at radius 2 is 1.60 bits per heavy atom. The molecule has 0 radical (unpaired) electrons. The summed E-state index contributed by atoms with van der Waals surface area (Å²) in [4.78, 5) is 13.8. The molecule has 0 aliphatic rings. The summed E-state index contributed by atoms with van der Waals surface area (Å²) >= 11 is 7.75. The third-order valence-corrected chi connectivity index (χ3v) is 5.56. The number of benzene rings is 4. The van der Waals surface area contributed by atoms with E-state index in [1.54, 1.807) is 12.1 Å². The van der Waals surface area contributed by atoms with Gasteiger partial charge in [-0.1, -0.05) is 66.3 Å². The van der Waals surface area contributed by atoms with Gasteiger partial charge in [0.25, 0.3) is 0 Å². The van der Waals surface area contributed by atoms with E-state index < -0.39 is 5.97 Å². The summed E-state index contributed by atoms with van der Waals surface area (Å²) in [6.07, 6.45) is 1.15. The van der Waals surface area contributed by atoms with Gasteiger partial charge in [0.05, 0.1) is 4.90 Å². The van der Waals surface area contributed by atoms with Gasteiger partial charge < -0.3 is 9.47 Å². The van der Waals surface area contributed by atoms with E-state index >= 15 is 0 Å². The lowest BCUT2D eigenvalue weighted by atomic mass is 10.1. The molecule has 0 fully saturated rings. The second-order valence-corrected chi connectivity index (χ2v) is 7.90. The number of carbonyl (C=O) groups is 1. The quantitative estimate of drug-likeness (QED) is 0.179. The number of para-hydroxylation sites is 1. The summed E-state index contributed by atoms with van der Waals surface area (Å²) in [5, 5.41) is 2.03. The minimum Gasteiger partial charge on any atom is -0.457 e. The SMILES string of the molecule is C=CC(=O)Oc1c(Sc2ccccc2)cc(Oc2ccccc2)c2cc(Cl)ccc12. The summed E-state index contributed by atoms with van der Waals surface area (Å²) in [6, 6.07) is 26.6. The smallest absolute Gasteiger partial charge is 0.335 e. The molecule has 30 heavy (non-hydrogen) atoms. The van der Waals surface area contributed by atoms with Crippen molar-refractivity contribution in [3.63, 3.8) is 0 Å². The van der Waals surface area contributed by atoms with E-state index in [0.29, 0.717) is 22.3 Å². The number of halogens is 1. The lowest BCUT2D eigenvalue weighted by molar-refractivity contribution is -0.129. The molecule has 0 aliphatic carbocycles. The van der Waals surface area contributed by atoms with Crippen LogP contribution in [0.15, 0.2) is 107 Å². The van der Waals surface area contributed by atoms with Crippen molar-refractivity contribution in [2.45, 2.75) is 9.79 Å². The number of ether oxygens (including phenoxy) is 2. The maximum Gasteiger partial charge on any atom is 0.335 e. The molecule has 148 valence electrons. The van der Waals surface area contributed by atoms with Crippen LogP contribution in [0.5, 0.6) is 17.2 Å². The Labute approximate surface area is 183 Å². The first kappa shape index (κ1) is 20.1. The monoisotopic (exact) mass is 432 g/mol. The molecule has 0 saturated carbocycles. The predicted molar refractivity (Wildman–Crippen MR) is 122 cm³/mol. The van der Waals surface area contributed by atoms with Crippen LogP contribution in [0.4, 0.5) is 0 Å². The molecule has 0 unspecified atom stereocenters. The summed E-state index contributed by atoms with van der Waals surface area (Å²) in [5.41, 5.74) is 0. The molecule has 4 rings (SSSR count). The Kier molecular flexibility index (Phi) is 6.07. The summed E-state index contributed by atoms with van der Waals surface area (Å²) in [5.74, 6) is 1.24. The van der Waals surface area contributed by atoms with E-state index in [0.717, 1.165) is 26.6 Å². The average molecular weight is 433 g/mol. The van der Waals surface area contributed by atoms with Crippen molar-refractivity contribution in [3.05, 3.63) is 103 Å². The zero-order valence-electron chi connectivity index (χ0n) is 15.9. The van der Waals surface area contributed by atoms with Gasteiger partial charge in [0.2, 0.25) is 0 Å². The zero-order chi connectivity index (χ0) is 20.9. The highest BCUT2D eigenvalue weighted by Gasteiger charge is 2.18. The lowest BCUT2D eigenvalue weighted by Gasteiger charge is -2.16. The molecular weight excluding hydrogens is 416 g/mol. The van der Waals surface area contributed by atoms with E-state index in [2.05, 4.69) is 6.58 Å². The number of hydrogen-bond acceptors (Lipinski definition) is 4. The summed E-state index contributed by atoms with van der Waals surface area (Å²) < 4.78 is 11.8. The van der Waals surface area contributed by atoms with Gasteiger partial charge in [-0.05, 0) is 48.5 Å². The van der Waals surface area contributed by atoms with E-state index in [1.807, 2.05) is 72.8 Å². The van der Waals surface area contributed by atoms with Crippen LogP contribution < -0.4 is 9.47 Å². The molecule has 0 heterocycles. The molecule has 4 aromatic rings. The lowest BCUT2D eigenvalue weighted by Crippen LogP contribution is -2.05. The van der Waals surface area contributed by atoms with Crippen molar-refractivity contribution >= 4 is 40.1 Å². The maximum absolute atomic E-state index is 12.1. The Hall–Kier alpha value is -3.21. The molecule has 0 saturated heterocycles. The number of rotatable bonds is 6. The minimum atomic E-state index is -0.530. The fourth-order valence-corrected chi connectivity index (χ4v) is 4.08. The highest BCUT2D eigenvalue weighted by Crippen LogP contribution is 2.45. The first-order valence-corrected chi connectivity index (χ1v) is 10.4. The van der Waals surface area contributed by atoms with Crippen molar-refractivity contribution in [1.82, 2.24) is 0 Å². The second kappa shape index (κ2) is 9.08. The fraction of sp³-hybridized carbons (Fsp3) is 0. The topological polar surface area (TPSA) is 35.5 Å². The molecule has 0 bridgehead atoms. The van der Waals surface area contributed by atoms with Crippen LogP contribution in [0.1, 0.15) is 0 Å². The van der Waals surface area contributed by atoms with Gasteiger partial charge in [-0.25, -0.2) is 4.79 Å². The molecule has 0 N–H and O–H groups in total. The Bertz CT molecular complexity index is 1210. The molecule has 5 heteroatoms. The predicted octanol–water partition coefficient (Wildman–Crippen LogP) is 7.53. The van der Waals surface area contributed by atoms with E-state index in [9.17, 15) is 4.79 Å². The molecule has 0 atom stereocenters. The summed E-state index contributed by atoms with van der Waals surface area (Å²) in [7, 11) is 0. The van der Waals surface area contributed by atoms with Gasteiger partial charge in [0.15, 0.2) is 5.75 Å². The van der Waals surface area contributed by atoms with Crippen molar-refractivity contribution in [2.75, 3.05) is 0 Å². The molecular formula is C25H17ClO3S. The van der Waals surface area contributed by atoms with Crippen LogP contribution in [-0.4, -0.2) is 5.97 Å². The minimum absolute atomic E-state index is 0.445. The van der Waals surface area contributed by atoms with Crippen molar-refractivity contribution in [2.24, 2.45) is 0 Å². The summed E-state index contributed by atoms with van der Waals surface area (Å²) in [6.45, 7) is 3.51. The molecule has 3 nitrogen and oxygen atoms in total. The first-order chi connectivity index (χ1) is 14.6. The molecule has 0 aromatic heterocycles. The van der Waals surface area contributed by atoms with Crippen molar-refractivity contribution in [1.29, 1.82) is 0 Å². The zero-order valence-corrected chi connectivity index (χ0v) is 17.5. The van der Waals surface area contributed by atoms with E-state index in [1.165, 1.54) is 11.8 Å². The number of esters is 1. The Morgan fingerprint density at radius 3 is 2.30 bits per heavy atom. The van der Waals surface area contributed by atoms with Crippen LogP contribution in [-0.2, 0) is 4.79 Å². The average Bonchev–Trinajstić information content (AvgIpc) is 2.77. The van der Waals surface area contributed by atoms with Crippen LogP contribution in [0.3, 0.4) is 0 Å². The van der Waals surface area contributed by atoms with Gasteiger partial charge in [-0.3, -0.25) is 0 Å². The van der Waals surface area contributed by atoms with Gasteiger partial charge in [0.1, 0.15) is 11.5 Å². The van der Waals surface area contributed by atoms with Crippen molar-refractivity contribution in [3.8, 4) is 17.2 Å². The number of fused-ring (bicyclic) bond motifs is 1. The Balaban J connectivity index is 1.91. The molecule has 0 spiro atoms. The maximum atomic E-state index is 12.1. The number of carbonyl (C=O) groups excluding carboxylic acids is 1. The largest absolute Gasteiger partial charge is 0.457 e. The van der Waals surface area contributed by atoms with Gasteiger partial charge in [-0.15, -0.1) is 0 Å². The van der Waals surface area contributed by atoms with Crippen molar-refractivity contribution < 1.29 is 14.3 Å². The number of hydrogen-bond donors (Lipinski definition) is 0. The van der Waals surface area contributed by atoms with Gasteiger partial charge in [-0.2, -0.15) is 0 Å². The highest BCUT2D eigenvalue weighted by molar-refractivity contribution is 7.99. The molecule has 4 aromatic carbocycles. The fourth-order valence-electron chi connectivity index (χ4n) is 2.95. The molecule has 0 aliphatic heterocycles. The first-order valence-electron chi connectivity index (χ1n) is 9.20. The van der Waals surface area contributed by atoms with Gasteiger partial charge >= 0.3 is 5.97 Å². The van der Waals surface area contributed by atoms with Crippen LogP contribution in [0.2, 0.25) is 5.02 Å². The van der Waals surface area contributed by atoms with E-state index in [-0.39, 0.29) is 0 Å². The third-order valence-electron chi connectivity index (χ3n) is 4.29. The second-order valence-electron chi connectivity index (χ2n) is 6.35.